The summed E-state index contributed by atoms with van der Waals surface area (Å²) in [6, 6.07) is 0. The standard InChI is InChI=1S/C11H19NO/c1-4-10(3)8-12-7-6-11(13,5-2)9-12/h2,10,13H,4,6-9H2,1,3H3. The Morgan fingerprint density at radius 1 is 1.69 bits per heavy atom. The Hall–Kier alpha value is -0.520. The lowest BCUT2D eigenvalue weighted by atomic mass is 10.1. The molecule has 0 aromatic rings. The molecular formula is C11H19NO. The smallest absolute Gasteiger partial charge is 0.139 e. The highest BCUT2D eigenvalue weighted by molar-refractivity contribution is 5.12. The minimum Gasteiger partial charge on any atom is -0.376 e. The SMILES string of the molecule is C#CC1(O)CCN(CC(C)CC)C1. The van der Waals surface area contributed by atoms with Gasteiger partial charge in [-0.1, -0.05) is 26.2 Å². The molecule has 0 aromatic carbocycles. The number of β-amino-alcohol motifs (C(OH)–C–C–N with tert-alkyl or cyclic N) is 1. The molecule has 1 N–H and O–H groups in total. The van der Waals surface area contributed by atoms with E-state index in [1.807, 2.05) is 0 Å². The van der Waals surface area contributed by atoms with Crippen molar-refractivity contribution in [3.05, 3.63) is 0 Å². The second-order valence-corrected chi connectivity index (χ2v) is 4.17. The van der Waals surface area contributed by atoms with Crippen LogP contribution in [-0.4, -0.2) is 35.2 Å². The summed E-state index contributed by atoms with van der Waals surface area (Å²) < 4.78 is 0. The summed E-state index contributed by atoms with van der Waals surface area (Å²) in [5.41, 5.74) is -0.854. The highest BCUT2D eigenvalue weighted by atomic mass is 16.3. The van der Waals surface area contributed by atoms with E-state index in [9.17, 15) is 5.11 Å². The molecule has 1 aliphatic heterocycles. The van der Waals surface area contributed by atoms with Crippen LogP contribution in [-0.2, 0) is 0 Å². The molecule has 0 aliphatic carbocycles. The third-order valence-corrected chi connectivity index (χ3v) is 2.86. The number of hydrogen-bond acceptors (Lipinski definition) is 2. The van der Waals surface area contributed by atoms with Crippen LogP contribution in [0.5, 0.6) is 0 Å². The Bertz CT molecular complexity index is 209. The third-order valence-electron chi connectivity index (χ3n) is 2.86. The quantitative estimate of drug-likeness (QED) is 0.659. The van der Waals surface area contributed by atoms with Crippen LogP contribution in [0, 0.1) is 18.3 Å². The first-order valence-corrected chi connectivity index (χ1v) is 5.02. The zero-order valence-electron chi connectivity index (χ0n) is 8.58. The summed E-state index contributed by atoms with van der Waals surface area (Å²) in [5, 5.41) is 9.78. The van der Waals surface area contributed by atoms with Crippen LogP contribution in [0.2, 0.25) is 0 Å². The van der Waals surface area contributed by atoms with Gasteiger partial charge in [0.15, 0.2) is 0 Å². The van der Waals surface area contributed by atoms with E-state index in [1.54, 1.807) is 0 Å². The average Bonchev–Trinajstić information content (AvgIpc) is 2.48. The van der Waals surface area contributed by atoms with Gasteiger partial charge in [-0.25, -0.2) is 0 Å². The Kier molecular flexibility index (Phi) is 3.35. The first kappa shape index (κ1) is 10.6. The van der Waals surface area contributed by atoms with Crippen LogP contribution in [0.3, 0.4) is 0 Å². The van der Waals surface area contributed by atoms with Gasteiger partial charge in [-0.05, 0) is 5.92 Å². The molecule has 1 aliphatic rings. The summed E-state index contributed by atoms with van der Waals surface area (Å²) in [5.74, 6) is 3.17. The molecule has 1 fully saturated rings. The monoisotopic (exact) mass is 181 g/mol. The summed E-state index contributed by atoms with van der Waals surface area (Å²) in [7, 11) is 0. The lowest BCUT2D eigenvalue weighted by Crippen LogP contribution is -2.33. The molecule has 1 rings (SSSR count). The predicted octanol–water partition coefficient (Wildman–Crippen LogP) is 1.10. The molecule has 1 saturated heterocycles. The summed E-state index contributed by atoms with van der Waals surface area (Å²) in [4.78, 5) is 2.26. The van der Waals surface area contributed by atoms with Crippen molar-refractivity contribution in [1.29, 1.82) is 0 Å². The van der Waals surface area contributed by atoms with Gasteiger partial charge >= 0.3 is 0 Å². The van der Waals surface area contributed by atoms with E-state index < -0.39 is 5.60 Å². The topological polar surface area (TPSA) is 23.5 Å². The zero-order chi connectivity index (χ0) is 9.90. The first-order chi connectivity index (χ1) is 6.09. The molecule has 0 bridgehead atoms. The van der Waals surface area contributed by atoms with Gasteiger partial charge in [0.05, 0.1) is 0 Å². The molecule has 13 heavy (non-hydrogen) atoms. The highest BCUT2D eigenvalue weighted by Gasteiger charge is 2.34. The Morgan fingerprint density at radius 2 is 2.38 bits per heavy atom. The second-order valence-electron chi connectivity index (χ2n) is 4.17. The average molecular weight is 181 g/mol. The van der Waals surface area contributed by atoms with E-state index in [2.05, 4.69) is 24.7 Å². The summed E-state index contributed by atoms with van der Waals surface area (Å²) >= 11 is 0. The van der Waals surface area contributed by atoms with Crippen LogP contribution in [0.25, 0.3) is 0 Å². The molecule has 0 amide bonds. The minimum atomic E-state index is -0.854. The molecule has 2 unspecified atom stereocenters. The Labute approximate surface area is 80.9 Å². The van der Waals surface area contributed by atoms with Crippen LogP contribution >= 0.6 is 0 Å². The zero-order valence-corrected chi connectivity index (χ0v) is 8.58. The predicted molar refractivity (Wildman–Crippen MR) is 54.3 cm³/mol. The molecule has 2 nitrogen and oxygen atoms in total. The Morgan fingerprint density at radius 3 is 2.85 bits per heavy atom. The van der Waals surface area contributed by atoms with Gasteiger partial charge in [0, 0.05) is 26.1 Å². The van der Waals surface area contributed by atoms with E-state index in [1.165, 1.54) is 6.42 Å². The molecule has 74 valence electrons. The van der Waals surface area contributed by atoms with Crippen LogP contribution in [0.4, 0.5) is 0 Å². The van der Waals surface area contributed by atoms with E-state index in [0.717, 1.165) is 19.5 Å². The number of terminal acetylenes is 1. The van der Waals surface area contributed by atoms with Crippen molar-refractivity contribution in [1.82, 2.24) is 4.90 Å². The Balaban J connectivity index is 2.38. The van der Waals surface area contributed by atoms with Gasteiger partial charge in [-0.2, -0.15) is 0 Å². The molecule has 0 saturated carbocycles. The van der Waals surface area contributed by atoms with Gasteiger partial charge < -0.3 is 5.11 Å². The number of likely N-dealkylation sites (tertiary alicyclic amines) is 1. The van der Waals surface area contributed by atoms with E-state index in [-0.39, 0.29) is 0 Å². The van der Waals surface area contributed by atoms with Gasteiger partial charge in [-0.3, -0.25) is 4.90 Å². The fourth-order valence-electron chi connectivity index (χ4n) is 1.71. The van der Waals surface area contributed by atoms with Crippen molar-refractivity contribution in [2.75, 3.05) is 19.6 Å². The van der Waals surface area contributed by atoms with Gasteiger partial charge in [-0.15, -0.1) is 6.42 Å². The maximum atomic E-state index is 9.78. The minimum absolute atomic E-state index is 0.647. The van der Waals surface area contributed by atoms with Gasteiger partial charge in [0.2, 0.25) is 0 Å². The van der Waals surface area contributed by atoms with E-state index in [4.69, 9.17) is 6.42 Å². The normalized spacial score (nSPS) is 31.5. The molecule has 1 heterocycles. The fraction of sp³-hybridized carbons (Fsp3) is 0.818. The van der Waals surface area contributed by atoms with Crippen LogP contribution in [0.1, 0.15) is 26.7 Å². The lowest BCUT2D eigenvalue weighted by molar-refractivity contribution is 0.106. The number of rotatable bonds is 3. The molecule has 0 spiro atoms. The van der Waals surface area contributed by atoms with Gasteiger partial charge in [0.25, 0.3) is 0 Å². The van der Waals surface area contributed by atoms with Crippen molar-refractivity contribution in [2.24, 2.45) is 5.92 Å². The van der Waals surface area contributed by atoms with Crippen molar-refractivity contribution in [3.8, 4) is 12.3 Å². The maximum Gasteiger partial charge on any atom is 0.139 e. The molecule has 0 aromatic heterocycles. The summed E-state index contributed by atoms with van der Waals surface area (Å²) in [6.45, 7) is 7.06. The third kappa shape index (κ3) is 2.72. The first-order valence-electron chi connectivity index (χ1n) is 5.02. The van der Waals surface area contributed by atoms with Crippen LogP contribution in [0.15, 0.2) is 0 Å². The maximum absolute atomic E-state index is 9.78. The van der Waals surface area contributed by atoms with E-state index >= 15 is 0 Å². The second kappa shape index (κ2) is 4.13. The van der Waals surface area contributed by atoms with E-state index in [0.29, 0.717) is 12.5 Å². The number of aliphatic hydroxyl groups is 1. The van der Waals surface area contributed by atoms with Crippen molar-refractivity contribution < 1.29 is 5.11 Å². The fourth-order valence-corrected chi connectivity index (χ4v) is 1.71. The van der Waals surface area contributed by atoms with Crippen LogP contribution < -0.4 is 0 Å². The molecule has 2 heteroatoms. The molecular weight excluding hydrogens is 162 g/mol. The number of nitrogens with zero attached hydrogens (tertiary/aromatic N) is 1. The molecule has 0 radical (unpaired) electrons. The largest absolute Gasteiger partial charge is 0.376 e. The van der Waals surface area contributed by atoms with Gasteiger partial charge in [0.1, 0.15) is 5.60 Å². The molecule has 2 atom stereocenters. The summed E-state index contributed by atoms with van der Waals surface area (Å²) in [6.07, 6.45) is 7.17. The van der Waals surface area contributed by atoms with Crippen molar-refractivity contribution in [2.45, 2.75) is 32.3 Å². The lowest BCUT2D eigenvalue weighted by Gasteiger charge is -2.20. The van der Waals surface area contributed by atoms with Crippen molar-refractivity contribution >= 4 is 0 Å². The number of hydrogen-bond donors (Lipinski definition) is 1. The highest BCUT2D eigenvalue weighted by Crippen LogP contribution is 2.21. The van der Waals surface area contributed by atoms with Crippen molar-refractivity contribution in [3.63, 3.8) is 0 Å².